The second-order valence-electron chi connectivity index (χ2n) is 1.98. The molecule has 0 aliphatic heterocycles. The summed E-state index contributed by atoms with van der Waals surface area (Å²) in [5, 5.41) is 0. The second-order valence-corrected chi connectivity index (χ2v) is 1.98. The predicted octanol–water partition coefficient (Wildman–Crippen LogP) is 1.81. The Morgan fingerprint density at radius 1 is 1.56 bits per heavy atom. The molecule has 1 rings (SSSR count). The highest BCUT2D eigenvalue weighted by atomic mass is 19.2. The van der Waals surface area contributed by atoms with Crippen molar-refractivity contribution in [3.05, 3.63) is 24.3 Å². The lowest BCUT2D eigenvalue weighted by molar-refractivity contribution is -0.0766. The third-order valence-corrected chi connectivity index (χ3v) is 1.33. The molecule has 0 spiro atoms. The van der Waals surface area contributed by atoms with Crippen LogP contribution in [0, 0.1) is 0 Å². The van der Waals surface area contributed by atoms with Gasteiger partial charge in [0.15, 0.2) is 0 Å². The molecule has 0 aromatic rings. The van der Waals surface area contributed by atoms with Crippen LogP contribution in [0.1, 0.15) is 6.42 Å². The summed E-state index contributed by atoms with van der Waals surface area (Å²) in [7, 11) is 1.36. The van der Waals surface area contributed by atoms with Crippen LogP contribution in [0.4, 0.5) is 4.39 Å². The normalized spacial score (nSPS) is 33.1. The van der Waals surface area contributed by atoms with Gasteiger partial charge >= 0.3 is 0 Å². The van der Waals surface area contributed by atoms with Gasteiger partial charge in [-0.2, -0.15) is 0 Å². The van der Waals surface area contributed by atoms with Crippen molar-refractivity contribution >= 4 is 0 Å². The molecular formula is C7H9FO. The Hall–Kier alpha value is -0.630. The smallest absolute Gasteiger partial charge is 0.231 e. The van der Waals surface area contributed by atoms with E-state index in [0.717, 1.165) is 0 Å². The fourth-order valence-electron chi connectivity index (χ4n) is 0.726. The van der Waals surface area contributed by atoms with Crippen molar-refractivity contribution in [3.63, 3.8) is 0 Å². The number of alkyl halides is 1. The maximum atomic E-state index is 12.9. The number of methoxy groups -OCH3 is 1. The number of hydrogen-bond donors (Lipinski definition) is 0. The molecule has 0 saturated carbocycles. The largest absolute Gasteiger partial charge is 0.346 e. The average Bonchev–Trinajstić information content (AvgIpc) is 1.90. The summed E-state index contributed by atoms with van der Waals surface area (Å²) in [6.07, 6.45) is 6.92. The Kier molecular flexibility index (Phi) is 1.67. The number of rotatable bonds is 1. The summed E-state index contributed by atoms with van der Waals surface area (Å²) in [6.45, 7) is 0. The fourth-order valence-corrected chi connectivity index (χ4v) is 0.726. The lowest BCUT2D eigenvalue weighted by Crippen LogP contribution is -2.22. The molecule has 0 aromatic carbocycles. The Bertz CT molecular complexity index is 151. The summed E-state index contributed by atoms with van der Waals surface area (Å²) in [4.78, 5) is 0. The monoisotopic (exact) mass is 128 g/mol. The van der Waals surface area contributed by atoms with E-state index in [1.165, 1.54) is 13.2 Å². The van der Waals surface area contributed by atoms with E-state index in [2.05, 4.69) is 4.74 Å². The topological polar surface area (TPSA) is 9.23 Å². The minimum absolute atomic E-state index is 0.319. The highest BCUT2D eigenvalue weighted by molar-refractivity contribution is 5.14. The summed E-state index contributed by atoms with van der Waals surface area (Å²) in [6, 6.07) is 0. The van der Waals surface area contributed by atoms with E-state index in [9.17, 15) is 4.39 Å². The third-order valence-electron chi connectivity index (χ3n) is 1.33. The molecule has 0 heterocycles. The highest BCUT2D eigenvalue weighted by Crippen LogP contribution is 2.22. The molecule has 1 aliphatic rings. The zero-order valence-electron chi connectivity index (χ0n) is 5.30. The van der Waals surface area contributed by atoms with E-state index in [-0.39, 0.29) is 0 Å². The van der Waals surface area contributed by atoms with Crippen LogP contribution >= 0.6 is 0 Å². The van der Waals surface area contributed by atoms with Gasteiger partial charge in [-0.1, -0.05) is 18.2 Å². The molecule has 1 unspecified atom stereocenters. The van der Waals surface area contributed by atoms with E-state index in [1.807, 2.05) is 0 Å². The van der Waals surface area contributed by atoms with Crippen LogP contribution in [0.25, 0.3) is 0 Å². The Morgan fingerprint density at radius 2 is 2.33 bits per heavy atom. The van der Waals surface area contributed by atoms with E-state index < -0.39 is 5.85 Å². The van der Waals surface area contributed by atoms with Gasteiger partial charge < -0.3 is 4.74 Å². The van der Waals surface area contributed by atoms with Gasteiger partial charge in [0.25, 0.3) is 0 Å². The third kappa shape index (κ3) is 1.39. The van der Waals surface area contributed by atoms with Crippen LogP contribution in [0.5, 0.6) is 0 Å². The molecule has 0 fully saturated rings. The molecule has 0 saturated heterocycles. The van der Waals surface area contributed by atoms with E-state index >= 15 is 0 Å². The SMILES string of the molecule is COC1(F)C=CC=CC1. The van der Waals surface area contributed by atoms with E-state index in [4.69, 9.17) is 0 Å². The van der Waals surface area contributed by atoms with Gasteiger partial charge in [0.1, 0.15) is 0 Å². The highest BCUT2D eigenvalue weighted by Gasteiger charge is 2.24. The predicted molar refractivity (Wildman–Crippen MR) is 33.7 cm³/mol. The van der Waals surface area contributed by atoms with Crippen molar-refractivity contribution in [1.29, 1.82) is 0 Å². The maximum Gasteiger partial charge on any atom is 0.231 e. The summed E-state index contributed by atoms with van der Waals surface area (Å²) < 4.78 is 17.5. The van der Waals surface area contributed by atoms with Crippen LogP contribution in [0.15, 0.2) is 24.3 Å². The Labute approximate surface area is 53.8 Å². The van der Waals surface area contributed by atoms with Gasteiger partial charge in [-0.3, -0.25) is 0 Å². The number of allylic oxidation sites excluding steroid dienone is 2. The molecule has 1 atom stereocenters. The molecule has 0 radical (unpaired) electrons. The van der Waals surface area contributed by atoms with Gasteiger partial charge in [-0.15, -0.1) is 0 Å². The molecule has 2 heteroatoms. The maximum absolute atomic E-state index is 12.9. The molecule has 9 heavy (non-hydrogen) atoms. The van der Waals surface area contributed by atoms with Gasteiger partial charge in [0, 0.05) is 13.5 Å². The van der Waals surface area contributed by atoms with Crippen LogP contribution in [0.2, 0.25) is 0 Å². The van der Waals surface area contributed by atoms with E-state index in [1.54, 1.807) is 18.2 Å². The first-order valence-electron chi connectivity index (χ1n) is 2.85. The second kappa shape index (κ2) is 2.31. The van der Waals surface area contributed by atoms with Crippen molar-refractivity contribution in [2.45, 2.75) is 12.3 Å². The fraction of sp³-hybridized carbons (Fsp3) is 0.429. The van der Waals surface area contributed by atoms with E-state index in [0.29, 0.717) is 6.42 Å². The number of hydrogen-bond acceptors (Lipinski definition) is 1. The zero-order valence-corrected chi connectivity index (χ0v) is 5.30. The minimum atomic E-state index is -1.55. The van der Waals surface area contributed by atoms with Gasteiger partial charge in [0.2, 0.25) is 5.85 Å². The van der Waals surface area contributed by atoms with Crippen molar-refractivity contribution in [1.82, 2.24) is 0 Å². The van der Waals surface area contributed by atoms with Crippen LogP contribution in [0.3, 0.4) is 0 Å². The quantitative estimate of drug-likeness (QED) is 0.523. The Balaban J connectivity index is 2.63. The minimum Gasteiger partial charge on any atom is -0.346 e. The molecule has 1 aliphatic carbocycles. The summed E-state index contributed by atoms with van der Waals surface area (Å²) >= 11 is 0. The molecule has 0 bridgehead atoms. The van der Waals surface area contributed by atoms with Crippen molar-refractivity contribution < 1.29 is 9.13 Å². The van der Waals surface area contributed by atoms with Crippen molar-refractivity contribution in [3.8, 4) is 0 Å². The first-order chi connectivity index (χ1) is 4.27. The molecule has 0 N–H and O–H groups in total. The Morgan fingerprint density at radius 3 is 2.67 bits per heavy atom. The number of ether oxygens (including phenoxy) is 1. The molecule has 1 nitrogen and oxygen atoms in total. The molecule has 50 valence electrons. The van der Waals surface area contributed by atoms with Crippen LogP contribution in [-0.2, 0) is 4.74 Å². The molecule has 0 amide bonds. The zero-order chi connectivity index (χ0) is 6.74. The summed E-state index contributed by atoms with van der Waals surface area (Å²) in [5.41, 5.74) is 0. The van der Waals surface area contributed by atoms with Crippen LogP contribution in [-0.4, -0.2) is 13.0 Å². The lowest BCUT2D eigenvalue weighted by atomic mass is 10.1. The first-order valence-corrected chi connectivity index (χ1v) is 2.85. The molecule has 0 aromatic heterocycles. The standard InChI is InChI=1S/C7H9FO/c1-9-7(8)5-3-2-4-6-7/h2-5H,6H2,1H3. The van der Waals surface area contributed by atoms with Crippen molar-refractivity contribution in [2.75, 3.05) is 7.11 Å². The van der Waals surface area contributed by atoms with Gasteiger partial charge in [0.05, 0.1) is 0 Å². The summed E-state index contributed by atoms with van der Waals surface area (Å²) in [5.74, 6) is -1.55. The van der Waals surface area contributed by atoms with Gasteiger partial charge in [-0.05, 0) is 6.08 Å². The average molecular weight is 128 g/mol. The van der Waals surface area contributed by atoms with Crippen LogP contribution < -0.4 is 0 Å². The molecular weight excluding hydrogens is 119 g/mol. The number of halogens is 1. The lowest BCUT2D eigenvalue weighted by Gasteiger charge is -2.19. The van der Waals surface area contributed by atoms with Crippen molar-refractivity contribution in [2.24, 2.45) is 0 Å². The first kappa shape index (κ1) is 6.49. The van der Waals surface area contributed by atoms with Gasteiger partial charge in [-0.25, -0.2) is 4.39 Å².